The van der Waals surface area contributed by atoms with E-state index in [0.717, 1.165) is 29.9 Å². The quantitative estimate of drug-likeness (QED) is 0.164. The van der Waals surface area contributed by atoms with Crippen LogP contribution in [-0.2, 0) is 10.8 Å². The van der Waals surface area contributed by atoms with Crippen molar-refractivity contribution in [2.24, 2.45) is 0 Å². The molecule has 61 heavy (non-hydrogen) atoms. The standard InChI is InChI=1S/C58H47N3/c1-57(2)51-35-44(60(42-27-23-40(24-28-42)38-15-7-5-8-16-38)43-29-25-41(26-30-43)39-17-9-6-10-18-39)31-33-46(51)47-34-32-45(36-52(47)57)61-53-21-13-11-19-48(53)49-37-59-54-22-14-12-20-50(54)58(3,4)56(59)55(49)61/h5,7-9,11-37H,6,10H2,1-4H3. The van der Waals surface area contributed by atoms with E-state index < -0.39 is 0 Å². The molecule has 3 heteroatoms. The van der Waals surface area contributed by atoms with Gasteiger partial charge in [0.15, 0.2) is 0 Å². The predicted molar refractivity (Wildman–Crippen MR) is 256 cm³/mol. The van der Waals surface area contributed by atoms with Crippen LogP contribution in [-0.4, -0.2) is 9.13 Å². The number of hydrogen-bond acceptors (Lipinski definition) is 1. The van der Waals surface area contributed by atoms with Crippen molar-refractivity contribution in [1.29, 1.82) is 0 Å². The summed E-state index contributed by atoms with van der Waals surface area (Å²) in [6.45, 7) is 9.58. The van der Waals surface area contributed by atoms with Gasteiger partial charge in [-0.25, -0.2) is 0 Å². The molecule has 294 valence electrons. The molecule has 3 heterocycles. The maximum absolute atomic E-state index is 2.54. The third-order valence-electron chi connectivity index (χ3n) is 13.9. The Labute approximate surface area is 358 Å². The van der Waals surface area contributed by atoms with Crippen LogP contribution in [0.15, 0.2) is 188 Å². The van der Waals surface area contributed by atoms with Crippen molar-refractivity contribution in [2.45, 2.75) is 51.4 Å². The van der Waals surface area contributed by atoms with Crippen molar-refractivity contribution in [3.05, 3.63) is 216 Å². The first-order chi connectivity index (χ1) is 29.8. The van der Waals surface area contributed by atoms with Crippen LogP contribution in [0.5, 0.6) is 0 Å². The molecule has 1 aliphatic heterocycles. The van der Waals surface area contributed by atoms with Gasteiger partial charge >= 0.3 is 0 Å². The Morgan fingerprint density at radius 3 is 1.90 bits per heavy atom. The summed E-state index contributed by atoms with van der Waals surface area (Å²) in [7, 11) is 0. The highest BCUT2D eigenvalue weighted by molar-refractivity contribution is 6.11. The maximum Gasteiger partial charge on any atom is 0.0763 e. The van der Waals surface area contributed by atoms with E-state index in [1.807, 2.05) is 0 Å². The fraction of sp³-hybridized carbons (Fsp3) is 0.138. The fourth-order valence-corrected chi connectivity index (χ4v) is 10.8. The van der Waals surface area contributed by atoms with Crippen LogP contribution in [0.25, 0.3) is 61.0 Å². The van der Waals surface area contributed by atoms with Crippen LogP contribution in [0.3, 0.4) is 0 Å². The Morgan fingerprint density at radius 1 is 0.508 bits per heavy atom. The molecule has 9 aromatic rings. The van der Waals surface area contributed by atoms with Crippen molar-refractivity contribution in [2.75, 3.05) is 4.90 Å². The molecule has 0 atom stereocenters. The molecule has 0 amide bonds. The van der Waals surface area contributed by atoms with E-state index in [-0.39, 0.29) is 10.8 Å². The topological polar surface area (TPSA) is 13.1 Å². The number of fused-ring (bicyclic) bond motifs is 10. The molecule has 7 aromatic carbocycles. The van der Waals surface area contributed by atoms with Crippen LogP contribution in [0.1, 0.15) is 68.5 Å². The third-order valence-corrected chi connectivity index (χ3v) is 13.9. The highest BCUT2D eigenvalue weighted by Gasteiger charge is 2.41. The molecule has 0 radical (unpaired) electrons. The number of hydrogen-bond donors (Lipinski definition) is 0. The van der Waals surface area contributed by atoms with Crippen molar-refractivity contribution in [3.8, 4) is 33.6 Å². The molecule has 0 spiro atoms. The number of anilines is 3. The molecule has 3 nitrogen and oxygen atoms in total. The first kappa shape index (κ1) is 35.8. The first-order valence-electron chi connectivity index (χ1n) is 21.7. The van der Waals surface area contributed by atoms with Crippen molar-refractivity contribution < 1.29 is 0 Å². The Balaban J connectivity index is 0.977. The second-order valence-electron chi connectivity index (χ2n) is 18.1. The molecule has 0 saturated carbocycles. The fourth-order valence-electron chi connectivity index (χ4n) is 10.8. The molecule has 0 unspecified atom stereocenters. The number of benzene rings is 7. The van der Waals surface area contributed by atoms with E-state index in [4.69, 9.17) is 0 Å². The molecule has 2 aromatic heterocycles. The van der Waals surface area contributed by atoms with Gasteiger partial charge in [-0.05, 0) is 124 Å². The molecular formula is C58H47N3. The van der Waals surface area contributed by atoms with Gasteiger partial charge < -0.3 is 14.0 Å². The molecule has 0 bridgehead atoms. The van der Waals surface area contributed by atoms with Crippen LogP contribution in [0, 0.1) is 0 Å². The highest BCUT2D eigenvalue weighted by Crippen LogP contribution is 2.53. The normalized spacial score (nSPS) is 15.4. The maximum atomic E-state index is 2.54. The minimum absolute atomic E-state index is 0.147. The van der Waals surface area contributed by atoms with Gasteiger partial charge in [0, 0.05) is 56.2 Å². The second kappa shape index (κ2) is 13.2. The van der Waals surface area contributed by atoms with Gasteiger partial charge in [-0.15, -0.1) is 0 Å². The van der Waals surface area contributed by atoms with Gasteiger partial charge in [-0.3, -0.25) is 0 Å². The lowest BCUT2D eigenvalue weighted by molar-refractivity contribution is 0.646. The summed E-state index contributed by atoms with van der Waals surface area (Å²) in [5, 5.41) is 2.59. The summed E-state index contributed by atoms with van der Waals surface area (Å²) >= 11 is 0. The molecule has 2 aliphatic carbocycles. The van der Waals surface area contributed by atoms with Crippen LogP contribution in [0.4, 0.5) is 17.1 Å². The predicted octanol–water partition coefficient (Wildman–Crippen LogP) is 15.4. The van der Waals surface area contributed by atoms with Crippen molar-refractivity contribution in [1.82, 2.24) is 9.13 Å². The van der Waals surface area contributed by atoms with Gasteiger partial charge in [-0.2, -0.15) is 0 Å². The van der Waals surface area contributed by atoms with Crippen molar-refractivity contribution >= 4 is 44.4 Å². The van der Waals surface area contributed by atoms with Crippen LogP contribution >= 0.6 is 0 Å². The zero-order valence-electron chi connectivity index (χ0n) is 35.2. The molecule has 12 rings (SSSR count). The molecule has 0 fully saturated rings. The molecule has 3 aliphatic rings. The Morgan fingerprint density at radius 2 is 1.15 bits per heavy atom. The third kappa shape index (κ3) is 5.29. The lowest BCUT2D eigenvalue weighted by Gasteiger charge is -2.28. The zero-order valence-corrected chi connectivity index (χ0v) is 35.2. The largest absolute Gasteiger partial charge is 0.317 e. The van der Waals surface area contributed by atoms with Gasteiger partial charge in [0.1, 0.15) is 0 Å². The highest BCUT2D eigenvalue weighted by atomic mass is 15.1. The van der Waals surface area contributed by atoms with Crippen LogP contribution < -0.4 is 4.90 Å². The average molecular weight is 786 g/mol. The SMILES string of the molecule is CC1(C)c2cc(N(c3ccc(C4=CCCC=C4)cc3)c3ccc(-c4ccccc4)cc3)ccc2-c2ccc(-n3c4ccccc4c4cn5c(c43)C(C)(C)c3ccccc3-5)cc21. The molecule has 0 saturated heterocycles. The Bertz CT molecular complexity index is 3280. The molecular weight excluding hydrogens is 739 g/mol. The number of rotatable bonds is 6. The molecule has 0 N–H and O–H groups in total. The summed E-state index contributed by atoms with van der Waals surface area (Å²) in [4.78, 5) is 2.42. The van der Waals surface area contributed by atoms with Gasteiger partial charge in [-0.1, -0.05) is 149 Å². The van der Waals surface area contributed by atoms with E-state index in [0.29, 0.717) is 0 Å². The Hall–Kier alpha value is -7.10. The number of nitrogens with zero attached hydrogens (tertiary/aromatic N) is 3. The zero-order chi connectivity index (χ0) is 41.0. The first-order valence-corrected chi connectivity index (χ1v) is 21.7. The van der Waals surface area contributed by atoms with Gasteiger partial charge in [0.05, 0.1) is 16.7 Å². The van der Waals surface area contributed by atoms with Crippen molar-refractivity contribution in [3.63, 3.8) is 0 Å². The number of allylic oxidation sites excluding steroid dienone is 4. The summed E-state index contributed by atoms with van der Waals surface area (Å²) in [5.74, 6) is 0. The second-order valence-corrected chi connectivity index (χ2v) is 18.1. The van der Waals surface area contributed by atoms with E-state index in [2.05, 4.69) is 230 Å². The lowest BCUT2D eigenvalue weighted by atomic mass is 9.82. The lowest BCUT2D eigenvalue weighted by Crippen LogP contribution is -2.17. The monoisotopic (exact) mass is 785 g/mol. The van der Waals surface area contributed by atoms with E-state index in [9.17, 15) is 0 Å². The average Bonchev–Trinajstić information content (AvgIpc) is 3.98. The summed E-state index contributed by atoms with van der Waals surface area (Å²) in [6.07, 6.45) is 11.5. The Kier molecular flexibility index (Phi) is 7.75. The van der Waals surface area contributed by atoms with E-state index in [1.165, 1.54) is 89.0 Å². The summed E-state index contributed by atoms with van der Waals surface area (Å²) in [6, 6.07) is 61.0. The van der Waals surface area contributed by atoms with Crippen LogP contribution in [0.2, 0.25) is 0 Å². The van der Waals surface area contributed by atoms with E-state index >= 15 is 0 Å². The minimum Gasteiger partial charge on any atom is -0.317 e. The van der Waals surface area contributed by atoms with E-state index in [1.54, 1.807) is 0 Å². The summed E-state index contributed by atoms with van der Waals surface area (Å²) < 4.78 is 5.00. The minimum atomic E-state index is -0.233. The van der Waals surface area contributed by atoms with Gasteiger partial charge in [0.25, 0.3) is 0 Å². The smallest absolute Gasteiger partial charge is 0.0763 e. The summed E-state index contributed by atoms with van der Waals surface area (Å²) in [5.41, 5.74) is 21.1. The number of para-hydroxylation sites is 2. The van der Waals surface area contributed by atoms with Gasteiger partial charge in [0.2, 0.25) is 0 Å². The number of aromatic nitrogens is 2.